The van der Waals surface area contributed by atoms with Crippen molar-refractivity contribution in [1.82, 2.24) is 4.90 Å². The van der Waals surface area contributed by atoms with Gasteiger partial charge in [-0.25, -0.2) is 4.39 Å². The van der Waals surface area contributed by atoms with E-state index in [4.69, 9.17) is 28.9 Å². The summed E-state index contributed by atoms with van der Waals surface area (Å²) in [5, 5.41) is 0.811. The van der Waals surface area contributed by atoms with E-state index in [1.807, 2.05) is 0 Å². The molecule has 0 aliphatic carbocycles. The molecule has 0 saturated heterocycles. The number of carbonyl (C=O) groups excluding carboxylic acids is 1. The van der Waals surface area contributed by atoms with Gasteiger partial charge >= 0.3 is 0 Å². The van der Waals surface area contributed by atoms with Gasteiger partial charge in [0, 0.05) is 19.3 Å². The molecule has 0 fully saturated rings. The zero-order chi connectivity index (χ0) is 15.6. The second-order valence-electron chi connectivity index (χ2n) is 4.61. The summed E-state index contributed by atoms with van der Waals surface area (Å²) in [6, 6.07) is 8.88. The number of hydrogen-bond donors (Lipinski definition) is 1. The molecule has 110 valence electrons. The summed E-state index contributed by atoms with van der Waals surface area (Å²) < 4.78 is 13.2. The highest BCUT2D eigenvalue weighted by molar-refractivity contribution is 6.42. The van der Waals surface area contributed by atoms with E-state index in [-0.39, 0.29) is 23.7 Å². The summed E-state index contributed by atoms with van der Waals surface area (Å²) in [5.74, 6) is -0.898. The minimum atomic E-state index is -0.512. The minimum absolute atomic E-state index is 0.121. The number of nitrogen functional groups attached to an aromatic ring is 1. The second kappa shape index (κ2) is 6.33. The number of nitrogens with zero attached hydrogens (tertiary/aromatic N) is 1. The van der Waals surface area contributed by atoms with Crippen LogP contribution in [0.1, 0.15) is 15.9 Å². The van der Waals surface area contributed by atoms with Crippen LogP contribution in [0.4, 0.5) is 10.1 Å². The third kappa shape index (κ3) is 3.46. The highest BCUT2D eigenvalue weighted by Gasteiger charge is 2.17. The van der Waals surface area contributed by atoms with Gasteiger partial charge in [-0.2, -0.15) is 0 Å². The fourth-order valence-corrected chi connectivity index (χ4v) is 2.30. The van der Waals surface area contributed by atoms with Crippen LogP contribution in [-0.4, -0.2) is 17.9 Å². The van der Waals surface area contributed by atoms with Crippen molar-refractivity contribution in [3.05, 3.63) is 63.4 Å². The van der Waals surface area contributed by atoms with E-state index in [0.29, 0.717) is 15.6 Å². The van der Waals surface area contributed by atoms with E-state index in [1.54, 1.807) is 25.2 Å². The van der Waals surface area contributed by atoms with Crippen molar-refractivity contribution in [3.63, 3.8) is 0 Å². The van der Waals surface area contributed by atoms with Crippen LogP contribution in [0.15, 0.2) is 36.4 Å². The third-order valence-electron chi connectivity index (χ3n) is 3.03. The molecule has 0 aromatic heterocycles. The zero-order valence-electron chi connectivity index (χ0n) is 11.2. The molecule has 0 unspecified atom stereocenters. The Morgan fingerprint density at radius 2 is 2.00 bits per heavy atom. The van der Waals surface area contributed by atoms with Crippen molar-refractivity contribution >= 4 is 34.8 Å². The van der Waals surface area contributed by atoms with Crippen molar-refractivity contribution in [2.75, 3.05) is 12.8 Å². The maximum absolute atomic E-state index is 13.2. The molecule has 1 amide bonds. The van der Waals surface area contributed by atoms with Crippen LogP contribution in [0.5, 0.6) is 0 Å². The molecule has 21 heavy (non-hydrogen) atoms. The van der Waals surface area contributed by atoms with Gasteiger partial charge in [0.2, 0.25) is 0 Å². The van der Waals surface area contributed by atoms with Gasteiger partial charge in [-0.1, -0.05) is 35.3 Å². The summed E-state index contributed by atoms with van der Waals surface area (Å²) in [6.07, 6.45) is 0. The number of benzene rings is 2. The zero-order valence-corrected chi connectivity index (χ0v) is 12.7. The fourth-order valence-electron chi connectivity index (χ4n) is 1.92. The summed E-state index contributed by atoms with van der Waals surface area (Å²) in [4.78, 5) is 13.7. The maximum Gasteiger partial charge on any atom is 0.256 e. The Balaban J connectivity index is 2.24. The molecular weight excluding hydrogens is 314 g/mol. The average Bonchev–Trinajstić information content (AvgIpc) is 2.45. The number of hydrogen-bond acceptors (Lipinski definition) is 2. The number of rotatable bonds is 3. The van der Waals surface area contributed by atoms with Gasteiger partial charge in [0.15, 0.2) is 0 Å². The van der Waals surface area contributed by atoms with Crippen LogP contribution in [0.25, 0.3) is 0 Å². The van der Waals surface area contributed by atoms with E-state index < -0.39 is 5.82 Å². The topological polar surface area (TPSA) is 46.3 Å². The largest absolute Gasteiger partial charge is 0.398 e. The number of anilines is 1. The van der Waals surface area contributed by atoms with E-state index in [9.17, 15) is 9.18 Å². The number of carbonyl (C=O) groups is 1. The standard InChI is InChI=1S/C15H13Cl2FN2O/c1-20(8-9-3-2-4-12(16)14(9)17)15(21)11-7-10(18)5-6-13(11)19/h2-7H,8,19H2,1H3. The SMILES string of the molecule is CN(Cc1cccc(Cl)c1Cl)C(=O)c1cc(F)ccc1N. The molecule has 2 rings (SSSR count). The van der Waals surface area contributed by atoms with Gasteiger partial charge < -0.3 is 10.6 Å². The van der Waals surface area contributed by atoms with Gasteiger partial charge in [0.1, 0.15) is 5.82 Å². The smallest absolute Gasteiger partial charge is 0.256 e. The van der Waals surface area contributed by atoms with Crippen LogP contribution in [0.2, 0.25) is 10.0 Å². The first-order chi connectivity index (χ1) is 9.90. The van der Waals surface area contributed by atoms with E-state index in [1.165, 1.54) is 17.0 Å². The summed E-state index contributed by atoms with van der Waals surface area (Å²) in [7, 11) is 1.59. The van der Waals surface area contributed by atoms with Crippen molar-refractivity contribution in [1.29, 1.82) is 0 Å². The molecule has 0 atom stereocenters. The Hall–Kier alpha value is -1.78. The van der Waals surface area contributed by atoms with E-state index >= 15 is 0 Å². The molecule has 0 saturated carbocycles. The lowest BCUT2D eigenvalue weighted by Crippen LogP contribution is -2.27. The Bertz CT molecular complexity index is 691. The predicted molar refractivity (Wildman–Crippen MR) is 83.1 cm³/mol. The Kier molecular flexibility index (Phi) is 4.70. The van der Waals surface area contributed by atoms with Crippen LogP contribution in [-0.2, 0) is 6.54 Å². The molecule has 0 bridgehead atoms. The van der Waals surface area contributed by atoms with Crippen LogP contribution >= 0.6 is 23.2 Å². The molecule has 3 nitrogen and oxygen atoms in total. The van der Waals surface area contributed by atoms with E-state index in [0.717, 1.165) is 6.07 Å². The summed E-state index contributed by atoms with van der Waals surface area (Å²) >= 11 is 12.0. The molecule has 0 spiro atoms. The molecule has 2 aromatic rings. The van der Waals surface area contributed by atoms with E-state index in [2.05, 4.69) is 0 Å². The molecule has 2 N–H and O–H groups in total. The molecule has 0 aliphatic heterocycles. The van der Waals surface area contributed by atoms with Gasteiger partial charge in [0.05, 0.1) is 15.6 Å². The lowest BCUT2D eigenvalue weighted by atomic mass is 10.1. The predicted octanol–water partition coefficient (Wildman–Crippen LogP) is 3.99. The first-order valence-corrected chi connectivity index (χ1v) is 6.89. The highest BCUT2D eigenvalue weighted by atomic mass is 35.5. The normalized spacial score (nSPS) is 10.5. The minimum Gasteiger partial charge on any atom is -0.398 e. The van der Waals surface area contributed by atoms with Crippen molar-refractivity contribution in [2.24, 2.45) is 0 Å². The molecule has 0 aliphatic rings. The molecule has 0 radical (unpaired) electrons. The fraction of sp³-hybridized carbons (Fsp3) is 0.133. The van der Waals surface area contributed by atoms with Crippen molar-refractivity contribution in [2.45, 2.75) is 6.54 Å². The Morgan fingerprint density at radius 1 is 1.29 bits per heavy atom. The number of halogens is 3. The van der Waals surface area contributed by atoms with Crippen LogP contribution < -0.4 is 5.73 Å². The van der Waals surface area contributed by atoms with Crippen LogP contribution in [0.3, 0.4) is 0 Å². The lowest BCUT2D eigenvalue weighted by Gasteiger charge is -2.19. The molecule has 6 heteroatoms. The van der Waals surface area contributed by atoms with Gasteiger partial charge in [0.25, 0.3) is 5.91 Å². The Morgan fingerprint density at radius 3 is 2.71 bits per heavy atom. The Labute approximate surface area is 132 Å². The van der Waals surface area contributed by atoms with Crippen molar-refractivity contribution < 1.29 is 9.18 Å². The quantitative estimate of drug-likeness (QED) is 0.867. The number of amides is 1. The summed E-state index contributed by atoms with van der Waals surface area (Å²) in [6.45, 7) is 0.244. The second-order valence-corrected chi connectivity index (χ2v) is 5.39. The average molecular weight is 327 g/mol. The van der Waals surface area contributed by atoms with Crippen LogP contribution in [0, 0.1) is 5.82 Å². The van der Waals surface area contributed by atoms with Crippen molar-refractivity contribution in [3.8, 4) is 0 Å². The molecule has 2 aromatic carbocycles. The van der Waals surface area contributed by atoms with Gasteiger partial charge in [-0.3, -0.25) is 4.79 Å². The molecule has 0 heterocycles. The highest BCUT2D eigenvalue weighted by Crippen LogP contribution is 2.27. The molecular formula is C15H13Cl2FN2O. The van der Waals surface area contributed by atoms with Gasteiger partial charge in [-0.15, -0.1) is 0 Å². The lowest BCUT2D eigenvalue weighted by molar-refractivity contribution is 0.0785. The summed E-state index contributed by atoms with van der Waals surface area (Å²) in [5.41, 5.74) is 6.77. The van der Waals surface area contributed by atoms with Gasteiger partial charge in [-0.05, 0) is 29.8 Å². The monoisotopic (exact) mass is 326 g/mol. The maximum atomic E-state index is 13.2. The third-order valence-corrected chi connectivity index (χ3v) is 3.89. The first kappa shape index (κ1) is 15.6. The number of nitrogens with two attached hydrogens (primary N) is 1. The first-order valence-electron chi connectivity index (χ1n) is 6.13.